The first-order valence-corrected chi connectivity index (χ1v) is 26.7. The Morgan fingerprint density at radius 2 is 1.62 bits per heavy atom. The van der Waals surface area contributed by atoms with Crippen molar-refractivity contribution in [2.75, 3.05) is 62.2 Å². The van der Waals surface area contributed by atoms with Crippen LogP contribution in [0.25, 0.3) is 32.9 Å². The summed E-state index contributed by atoms with van der Waals surface area (Å²) < 4.78 is 45.7. The van der Waals surface area contributed by atoms with E-state index in [0.717, 1.165) is 121 Å². The Morgan fingerprint density at radius 1 is 0.849 bits per heavy atom. The minimum Gasteiger partial charge on any atom is -0.508 e. The first-order chi connectivity index (χ1) is 35.4. The summed E-state index contributed by atoms with van der Waals surface area (Å²) in [5, 5.41) is 18.4. The zero-order chi connectivity index (χ0) is 49.8. The highest BCUT2D eigenvalue weighted by Gasteiger charge is 2.48. The van der Waals surface area contributed by atoms with Crippen LogP contribution in [0, 0.1) is 22.5 Å². The monoisotopic (exact) mass is 995 g/mol. The zero-order valence-electron chi connectivity index (χ0n) is 41.4. The third-order valence-electron chi connectivity index (χ3n) is 17.8. The molecule has 3 atom stereocenters. The maximum atomic E-state index is 17.2. The number of pyridine rings is 1. The first-order valence-electron chi connectivity index (χ1n) is 26.7. The van der Waals surface area contributed by atoms with Crippen molar-refractivity contribution in [1.29, 1.82) is 0 Å². The molecule has 3 unspecified atom stereocenters. The number of fused-ring (bicyclic) bond motifs is 5. The Bertz CT molecular complexity index is 3040. The second kappa shape index (κ2) is 18.1. The van der Waals surface area contributed by atoms with E-state index in [0.29, 0.717) is 82.2 Å². The minimum absolute atomic E-state index is 0.00898. The molecule has 3 aromatic carbocycles. The van der Waals surface area contributed by atoms with Crippen molar-refractivity contribution in [3.8, 4) is 23.0 Å². The molecule has 8 aliphatic rings. The Labute approximate surface area is 423 Å². The Hall–Kier alpha value is -6.04. The summed E-state index contributed by atoms with van der Waals surface area (Å²) in [6, 6.07) is 12.2. The number of phenolic OH excluding ortho intramolecular Hbond substituents is 1. The summed E-state index contributed by atoms with van der Waals surface area (Å²) in [6.45, 7) is 8.95. The lowest BCUT2D eigenvalue weighted by molar-refractivity contribution is -0.136. The van der Waals surface area contributed by atoms with Gasteiger partial charge in [0.05, 0.1) is 24.2 Å². The van der Waals surface area contributed by atoms with Gasteiger partial charge >= 0.3 is 6.01 Å². The van der Waals surface area contributed by atoms with Crippen molar-refractivity contribution in [1.82, 2.24) is 35.4 Å². The second-order valence-corrected chi connectivity index (χ2v) is 22.7. The Morgan fingerprint density at radius 3 is 2.36 bits per heavy atom. The summed E-state index contributed by atoms with van der Waals surface area (Å²) >= 11 is 0. The third kappa shape index (κ3) is 8.62. The summed E-state index contributed by atoms with van der Waals surface area (Å²) in [4.78, 5) is 60.6. The van der Waals surface area contributed by atoms with E-state index >= 15 is 8.78 Å². The molecule has 0 radical (unpaired) electrons. The van der Waals surface area contributed by atoms with Gasteiger partial charge in [0.15, 0.2) is 5.82 Å². The number of anilines is 2. The van der Waals surface area contributed by atoms with Gasteiger partial charge in [-0.05, 0) is 135 Å². The van der Waals surface area contributed by atoms with Crippen LogP contribution >= 0.6 is 0 Å². The second-order valence-electron chi connectivity index (χ2n) is 22.7. The number of halogens is 2. The van der Waals surface area contributed by atoms with Crippen molar-refractivity contribution in [3.05, 3.63) is 77.0 Å². The van der Waals surface area contributed by atoms with Gasteiger partial charge in [-0.3, -0.25) is 24.7 Å². The number of imide groups is 1. The minimum atomic E-state index is -0.661. The van der Waals surface area contributed by atoms with Crippen molar-refractivity contribution in [2.24, 2.45) is 10.8 Å². The number of carbonyl (C=O) groups excluding carboxylic acids is 3. The molecule has 2 aliphatic carbocycles. The molecule has 5 saturated heterocycles. The zero-order valence-corrected chi connectivity index (χ0v) is 41.4. The van der Waals surface area contributed by atoms with Gasteiger partial charge in [-0.25, -0.2) is 8.78 Å². The summed E-state index contributed by atoms with van der Waals surface area (Å²) in [6.07, 6.45) is 13.7. The third-order valence-corrected chi connectivity index (χ3v) is 17.8. The highest BCUT2D eigenvalue weighted by molar-refractivity contribution is 6.06. The summed E-state index contributed by atoms with van der Waals surface area (Å²) in [5.74, 6) is -1.32. The number of aromatic nitrogens is 3. The topological polar surface area (TPSA) is 166 Å². The molecular weight excluding hydrogens is 933 g/mol. The fraction of sp³-hybridized carbons (Fsp3) is 0.536. The smallest absolute Gasteiger partial charge is 0.319 e. The average molecular weight is 996 g/mol. The summed E-state index contributed by atoms with van der Waals surface area (Å²) in [5.41, 5.74) is 3.79. The van der Waals surface area contributed by atoms with Crippen molar-refractivity contribution < 1.29 is 37.7 Å². The number of nitrogens with one attached hydrogen (secondary N) is 2. The number of piperidine rings is 2. The predicted octanol–water partition coefficient (Wildman–Crippen LogP) is 7.18. The molecule has 2 aromatic heterocycles. The van der Waals surface area contributed by atoms with Gasteiger partial charge in [0.2, 0.25) is 11.8 Å². The largest absolute Gasteiger partial charge is 0.508 e. The number of nitrogens with zero attached hydrogens (tertiary/aromatic N) is 7. The summed E-state index contributed by atoms with van der Waals surface area (Å²) in [7, 11) is 0. The van der Waals surface area contributed by atoms with Crippen LogP contribution in [0.4, 0.5) is 20.3 Å². The highest BCUT2D eigenvalue weighted by atomic mass is 19.1. The standard InChI is InChI=1S/C56H63F2N9O6/c1-2-40-44(57)8-3-32-22-37(68)23-42(47(32)40)49-48(58)50-43(24-59-49)51(65-26-34-4-5-35(27-65)60-34)63-54(62-50)72-31-56(17-18-56)28-64-19-13-39(14-20-64)73-38-11-15-55(16-12-38)29-66(30-55)36-6-7-41-33(21-36)25-67(53(41)71)45-9-10-46(69)61-52(45)70/h3,6-8,21-24,34-35,38-39,45,60,68H,2,4-5,9-20,25-31H2,1H3,(H,61,69,70). The first kappa shape index (κ1) is 46.7. The number of carbonyl (C=O) groups is 3. The molecule has 6 aliphatic heterocycles. The van der Waals surface area contributed by atoms with E-state index in [1.165, 1.54) is 12.1 Å². The number of likely N-dealkylation sites (tertiary alicyclic amines) is 1. The molecule has 5 aromatic rings. The number of amides is 3. The van der Waals surface area contributed by atoms with E-state index in [4.69, 9.17) is 19.4 Å². The molecule has 8 heterocycles. The fourth-order valence-corrected chi connectivity index (χ4v) is 13.6. The molecule has 15 nitrogen and oxygen atoms in total. The molecule has 1 spiro atoms. The van der Waals surface area contributed by atoms with Gasteiger partial charge in [0, 0.05) is 105 Å². The lowest BCUT2D eigenvalue weighted by atomic mass is 9.67. The fourth-order valence-electron chi connectivity index (χ4n) is 13.6. The molecule has 13 rings (SSSR count). The number of benzene rings is 3. The lowest BCUT2D eigenvalue weighted by Gasteiger charge is -2.54. The van der Waals surface area contributed by atoms with Crippen LogP contribution in [0.5, 0.6) is 11.8 Å². The van der Waals surface area contributed by atoms with Crippen LogP contribution in [0.1, 0.15) is 105 Å². The molecule has 2 bridgehead atoms. The number of piperazine rings is 1. The van der Waals surface area contributed by atoms with Crippen LogP contribution in [-0.4, -0.2) is 130 Å². The number of rotatable bonds is 12. The van der Waals surface area contributed by atoms with Gasteiger partial charge < -0.3 is 39.5 Å². The van der Waals surface area contributed by atoms with Gasteiger partial charge in [-0.15, -0.1) is 0 Å². The SMILES string of the molecule is CCc1c(F)ccc2cc(O)cc(-c3ncc4c(N5CC6CCC(C5)N6)nc(OCC5(CN6CCC(OC7CCC8(CC7)CN(c7ccc9c(c7)CN(C7CCC(=O)NC7=O)C9=O)C8)CC6)CC5)nc4c3F)c12. The number of aryl methyl sites for hydroxylation is 1. The lowest BCUT2D eigenvalue weighted by Crippen LogP contribution is -2.58. The van der Waals surface area contributed by atoms with Gasteiger partial charge in [0.25, 0.3) is 5.91 Å². The van der Waals surface area contributed by atoms with E-state index < -0.39 is 11.9 Å². The number of phenols is 1. The molecule has 73 heavy (non-hydrogen) atoms. The molecule has 17 heteroatoms. The Balaban J connectivity index is 0.625. The molecule has 7 fully saturated rings. The van der Waals surface area contributed by atoms with Crippen LogP contribution in [0.2, 0.25) is 0 Å². The quantitative estimate of drug-likeness (QED) is 0.108. The van der Waals surface area contributed by atoms with E-state index in [1.54, 1.807) is 23.2 Å². The number of hydrogen-bond acceptors (Lipinski definition) is 13. The molecule has 3 N–H and O–H groups in total. The molecule has 2 saturated carbocycles. The number of ether oxygens (including phenoxy) is 2. The molecule has 3 amide bonds. The van der Waals surface area contributed by atoms with Crippen LogP contribution in [-0.2, 0) is 27.3 Å². The number of aromatic hydroxyl groups is 1. The van der Waals surface area contributed by atoms with Gasteiger partial charge in [-0.2, -0.15) is 9.97 Å². The average Bonchev–Trinajstić information content (AvgIpc) is 3.95. The van der Waals surface area contributed by atoms with E-state index in [9.17, 15) is 19.5 Å². The van der Waals surface area contributed by atoms with Gasteiger partial charge in [0.1, 0.15) is 34.6 Å². The van der Waals surface area contributed by atoms with E-state index in [-0.39, 0.29) is 70.6 Å². The molecular formula is C56H63F2N9O6. The maximum Gasteiger partial charge on any atom is 0.319 e. The van der Waals surface area contributed by atoms with Crippen molar-refractivity contribution >= 4 is 50.9 Å². The van der Waals surface area contributed by atoms with Gasteiger partial charge in [-0.1, -0.05) is 13.0 Å². The van der Waals surface area contributed by atoms with E-state index in [1.807, 2.05) is 19.1 Å². The van der Waals surface area contributed by atoms with E-state index in [2.05, 4.69) is 36.4 Å². The highest BCUT2D eigenvalue weighted by Crippen LogP contribution is 2.49. The predicted molar refractivity (Wildman–Crippen MR) is 270 cm³/mol. The van der Waals surface area contributed by atoms with Crippen LogP contribution < -0.4 is 25.2 Å². The van der Waals surface area contributed by atoms with Crippen LogP contribution in [0.3, 0.4) is 0 Å². The van der Waals surface area contributed by atoms with Crippen molar-refractivity contribution in [2.45, 2.75) is 127 Å². The van der Waals surface area contributed by atoms with Crippen LogP contribution in [0.15, 0.2) is 48.7 Å². The molecule has 382 valence electrons. The maximum absolute atomic E-state index is 17.2. The Kier molecular flexibility index (Phi) is 11.6. The van der Waals surface area contributed by atoms with Crippen molar-refractivity contribution in [3.63, 3.8) is 0 Å². The normalized spacial score (nSPS) is 24.9. The number of hydrogen-bond donors (Lipinski definition) is 3.